The Bertz CT molecular complexity index is 705. The Kier molecular flexibility index (Phi) is 4.68. The van der Waals surface area contributed by atoms with Crippen molar-refractivity contribution < 1.29 is 24.5 Å². The van der Waals surface area contributed by atoms with Crippen molar-refractivity contribution in [3.8, 4) is 23.0 Å². The van der Waals surface area contributed by atoms with E-state index in [0.717, 1.165) is 5.56 Å². The molecule has 0 saturated carbocycles. The molecule has 0 saturated heterocycles. The lowest BCUT2D eigenvalue weighted by Gasteiger charge is -2.13. The number of methoxy groups -OCH3 is 2. The van der Waals surface area contributed by atoms with Gasteiger partial charge in [-0.05, 0) is 11.6 Å². The highest BCUT2D eigenvalue weighted by Crippen LogP contribution is 2.44. The van der Waals surface area contributed by atoms with Gasteiger partial charge in [-0.2, -0.15) is 0 Å². The number of benzene rings is 2. The molecule has 0 fully saturated rings. The largest absolute Gasteiger partial charge is 0.504 e. The Labute approximate surface area is 128 Å². The van der Waals surface area contributed by atoms with Crippen LogP contribution in [0.15, 0.2) is 42.5 Å². The normalized spacial score (nSPS) is 10.6. The summed E-state index contributed by atoms with van der Waals surface area (Å²) in [5, 5.41) is 19.4. The highest BCUT2D eigenvalue weighted by molar-refractivity contribution is 6.11. The van der Waals surface area contributed by atoms with E-state index >= 15 is 0 Å². The van der Waals surface area contributed by atoms with Crippen molar-refractivity contribution in [1.82, 2.24) is 0 Å². The minimum absolute atomic E-state index is 0.0486. The van der Waals surface area contributed by atoms with Gasteiger partial charge in [0.25, 0.3) is 0 Å². The molecule has 0 aromatic heterocycles. The smallest absolute Gasteiger partial charge is 0.201 e. The number of phenols is 2. The molecule has 2 N–H and O–H groups in total. The maximum atomic E-state index is 12.4. The van der Waals surface area contributed by atoms with Crippen molar-refractivity contribution in [2.24, 2.45) is 0 Å². The first-order valence-electron chi connectivity index (χ1n) is 6.52. The van der Waals surface area contributed by atoms with E-state index in [-0.39, 0.29) is 17.1 Å². The van der Waals surface area contributed by atoms with Crippen LogP contribution in [-0.4, -0.2) is 30.2 Å². The number of ketones is 1. The van der Waals surface area contributed by atoms with Crippen molar-refractivity contribution in [2.75, 3.05) is 14.2 Å². The summed E-state index contributed by atoms with van der Waals surface area (Å²) in [4.78, 5) is 12.4. The number of carbonyl (C=O) groups excluding carboxylic acids is 1. The molecule has 0 aliphatic heterocycles. The molecule has 114 valence electrons. The van der Waals surface area contributed by atoms with Crippen molar-refractivity contribution in [3.63, 3.8) is 0 Å². The Balaban J connectivity index is 2.45. The van der Waals surface area contributed by atoms with E-state index in [1.165, 1.54) is 26.4 Å². The van der Waals surface area contributed by atoms with E-state index in [4.69, 9.17) is 9.47 Å². The van der Waals surface area contributed by atoms with Gasteiger partial charge >= 0.3 is 0 Å². The van der Waals surface area contributed by atoms with Gasteiger partial charge in [0.2, 0.25) is 5.75 Å². The first-order chi connectivity index (χ1) is 10.6. The molecule has 5 nitrogen and oxygen atoms in total. The van der Waals surface area contributed by atoms with Crippen LogP contribution < -0.4 is 9.47 Å². The molecule has 0 amide bonds. The number of hydrogen-bond acceptors (Lipinski definition) is 5. The van der Waals surface area contributed by atoms with E-state index < -0.39 is 17.3 Å². The van der Waals surface area contributed by atoms with Crippen LogP contribution in [0.1, 0.15) is 15.9 Å². The zero-order valence-electron chi connectivity index (χ0n) is 12.2. The molecule has 0 aliphatic carbocycles. The number of hydrogen-bond donors (Lipinski definition) is 2. The Morgan fingerprint density at radius 1 is 1.09 bits per heavy atom. The van der Waals surface area contributed by atoms with Gasteiger partial charge in [0.1, 0.15) is 11.3 Å². The van der Waals surface area contributed by atoms with Crippen LogP contribution in [0.2, 0.25) is 0 Å². The van der Waals surface area contributed by atoms with Crippen LogP contribution in [-0.2, 0) is 0 Å². The molecule has 5 heteroatoms. The summed E-state index contributed by atoms with van der Waals surface area (Å²) in [6, 6.07) is 10.5. The standard InChI is InChI=1S/C17H16O5/c1-21-14-10-13(19)16(20)17(22-2)15(14)12(18)9-8-11-6-4-3-5-7-11/h3-10,19-20H,1-2H3/b9-8+. The molecule has 22 heavy (non-hydrogen) atoms. The SMILES string of the molecule is COc1cc(O)c(O)c(OC)c1C(=O)/C=C/c1ccccc1. The van der Waals surface area contributed by atoms with Gasteiger partial charge in [-0.3, -0.25) is 4.79 Å². The molecule has 0 heterocycles. The quantitative estimate of drug-likeness (QED) is 0.504. The van der Waals surface area contributed by atoms with Crippen LogP contribution >= 0.6 is 0 Å². The average Bonchev–Trinajstić information content (AvgIpc) is 2.55. The fourth-order valence-corrected chi connectivity index (χ4v) is 2.02. The molecule has 0 atom stereocenters. The zero-order chi connectivity index (χ0) is 16.1. The molecule has 2 rings (SSSR count). The van der Waals surface area contributed by atoms with Gasteiger partial charge in [-0.15, -0.1) is 0 Å². The highest BCUT2D eigenvalue weighted by atomic mass is 16.5. The Morgan fingerprint density at radius 3 is 2.36 bits per heavy atom. The molecule has 0 bridgehead atoms. The minimum atomic E-state index is -0.500. The molecule has 2 aromatic carbocycles. The predicted molar refractivity (Wildman–Crippen MR) is 82.7 cm³/mol. The highest BCUT2D eigenvalue weighted by Gasteiger charge is 2.23. The van der Waals surface area contributed by atoms with Crippen molar-refractivity contribution in [2.45, 2.75) is 0 Å². The third kappa shape index (κ3) is 3.03. The van der Waals surface area contributed by atoms with E-state index in [2.05, 4.69) is 0 Å². The van der Waals surface area contributed by atoms with Gasteiger partial charge in [-0.25, -0.2) is 0 Å². The van der Waals surface area contributed by atoms with Crippen LogP contribution in [0.5, 0.6) is 23.0 Å². The number of carbonyl (C=O) groups is 1. The minimum Gasteiger partial charge on any atom is -0.504 e. The Morgan fingerprint density at radius 2 is 1.77 bits per heavy atom. The first-order valence-corrected chi connectivity index (χ1v) is 6.52. The molecular weight excluding hydrogens is 284 g/mol. The lowest BCUT2D eigenvalue weighted by molar-refractivity contribution is 0.104. The third-order valence-electron chi connectivity index (χ3n) is 3.10. The van der Waals surface area contributed by atoms with Crippen LogP contribution in [0.4, 0.5) is 0 Å². The van der Waals surface area contributed by atoms with Crippen LogP contribution in [0.3, 0.4) is 0 Å². The predicted octanol–water partition coefficient (Wildman–Crippen LogP) is 3.01. The number of rotatable bonds is 5. The lowest BCUT2D eigenvalue weighted by Crippen LogP contribution is -2.03. The van der Waals surface area contributed by atoms with Crippen molar-refractivity contribution >= 4 is 11.9 Å². The van der Waals surface area contributed by atoms with Crippen LogP contribution in [0.25, 0.3) is 6.08 Å². The molecule has 0 aliphatic rings. The van der Waals surface area contributed by atoms with E-state index in [1.54, 1.807) is 6.08 Å². The lowest BCUT2D eigenvalue weighted by atomic mass is 10.1. The Hall–Kier alpha value is -2.95. The summed E-state index contributed by atoms with van der Waals surface area (Å²) in [6.45, 7) is 0. The summed E-state index contributed by atoms with van der Waals surface area (Å²) < 4.78 is 10.1. The summed E-state index contributed by atoms with van der Waals surface area (Å²) in [7, 11) is 2.66. The number of ether oxygens (including phenoxy) is 2. The van der Waals surface area contributed by atoms with Gasteiger partial charge in [0, 0.05) is 6.07 Å². The summed E-state index contributed by atoms with van der Waals surface area (Å²) in [6.07, 6.45) is 3.00. The zero-order valence-corrected chi connectivity index (χ0v) is 12.2. The number of aromatic hydroxyl groups is 2. The summed E-state index contributed by atoms with van der Waals surface area (Å²) in [5.74, 6) is -1.33. The van der Waals surface area contributed by atoms with E-state index in [1.807, 2.05) is 30.3 Å². The van der Waals surface area contributed by atoms with Gasteiger partial charge < -0.3 is 19.7 Å². The van der Waals surface area contributed by atoms with Gasteiger partial charge in [0.15, 0.2) is 17.3 Å². The monoisotopic (exact) mass is 300 g/mol. The fourth-order valence-electron chi connectivity index (χ4n) is 2.02. The molecule has 0 spiro atoms. The maximum absolute atomic E-state index is 12.4. The number of phenolic OH excluding ortho intramolecular Hbond substituents is 2. The molecule has 2 aromatic rings. The van der Waals surface area contributed by atoms with Gasteiger partial charge in [-0.1, -0.05) is 36.4 Å². The summed E-state index contributed by atoms with van der Waals surface area (Å²) in [5.41, 5.74) is 0.907. The second kappa shape index (κ2) is 6.67. The van der Waals surface area contributed by atoms with Crippen LogP contribution in [0, 0.1) is 0 Å². The fraction of sp³-hybridized carbons (Fsp3) is 0.118. The third-order valence-corrected chi connectivity index (χ3v) is 3.10. The first kappa shape index (κ1) is 15.4. The maximum Gasteiger partial charge on any atom is 0.201 e. The molecule has 0 radical (unpaired) electrons. The molecule has 0 unspecified atom stereocenters. The average molecular weight is 300 g/mol. The van der Waals surface area contributed by atoms with Crippen molar-refractivity contribution in [1.29, 1.82) is 0 Å². The summed E-state index contributed by atoms with van der Waals surface area (Å²) >= 11 is 0. The second-order valence-electron chi connectivity index (χ2n) is 4.46. The number of allylic oxidation sites excluding steroid dienone is 1. The van der Waals surface area contributed by atoms with E-state index in [0.29, 0.717) is 0 Å². The van der Waals surface area contributed by atoms with Gasteiger partial charge in [0.05, 0.1) is 14.2 Å². The second-order valence-corrected chi connectivity index (χ2v) is 4.46. The molecular formula is C17H16O5. The van der Waals surface area contributed by atoms with E-state index in [9.17, 15) is 15.0 Å². The topological polar surface area (TPSA) is 76.0 Å². The van der Waals surface area contributed by atoms with Crippen molar-refractivity contribution in [3.05, 3.63) is 53.6 Å².